The van der Waals surface area contributed by atoms with Crippen LogP contribution in [0.4, 0.5) is 0 Å². The van der Waals surface area contributed by atoms with Gasteiger partial charge in [-0.2, -0.15) is 0 Å². The van der Waals surface area contributed by atoms with Gasteiger partial charge in [0.2, 0.25) is 5.91 Å². The Balaban J connectivity index is 1.81. The number of methoxy groups -OCH3 is 1. The van der Waals surface area contributed by atoms with Gasteiger partial charge >= 0.3 is 0 Å². The highest BCUT2D eigenvalue weighted by molar-refractivity contribution is 7.80. The number of hydrazine groups is 1. The second-order valence-corrected chi connectivity index (χ2v) is 7.42. The molecule has 0 unspecified atom stereocenters. The van der Waals surface area contributed by atoms with E-state index >= 15 is 0 Å². The van der Waals surface area contributed by atoms with Crippen LogP contribution in [0.1, 0.15) is 44.2 Å². The summed E-state index contributed by atoms with van der Waals surface area (Å²) in [5.74, 6) is 1.82. The maximum atomic E-state index is 12.2. The van der Waals surface area contributed by atoms with Crippen molar-refractivity contribution < 1.29 is 9.53 Å². The second kappa shape index (κ2) is 9.04. The molecule has 0 aliphatic heterocycles. The van der Waals surface area contributed by atoms with Crippen LogP contribution in [-0.4, -0.2) is 24.2 Å². The molecule has 1 aromatic rings. The molecule has 0 radical (unpaired) electrons. The summed E-state index contributed by atoms with van der Waals surface area (Å²) in [4.78, 5) is 12.2. The smallest absolute Gasteiger partial charge is 0.242 e. The first kappa shape index (κ1) is 19.5. The number of aryl methyl sites for hydroxylation is 1. The molecule has 5 nitrogen and oxygen atoms in total. The molecule has 1 aromatic carbocycles. The Morgan fingerprint density at radius 2 is 2.04 bits per heavy atom. The van der Waals surface area contributed by atoms with Crippen LogP contribution >= 0.6 is 12.2 Å². The predicted molar refractivity (Wildman–Crippen MR) is 104 cm³/mol. The van der Waals surface area contributed by atoms with Gasteiger partial charge < -0.3 is 10.1 Å². The van der Waals surface area contributed by atoms with E-state index in [9.17, 15) is 4.79 Å². The Morgan fingerprint density at radius 3 is 2.76 bits per heavy atom. The summed E-state index contributed by atoms with van der Waals surface area (Å²) in [5, 5.41) is 3.80. The van der Waals surface area contributed by atoms with Crippen LogP contribution in [0, 0.1) is 18.8 Å². The summed E-state index contributed by atoms with van der Waals surface area (Å²) >= 11 is 5.32. The highest BCUT2D eigenvalue weighted by atomic mass is 32.1. The fourth-order valence-electron chi connectivity index (χ4n) is 3.38. The molecule has 1 amide bonds. The number of nitrogens with one attached hydrogen (secondary N) is 3. The van der Waals surface area contributed by atoms with Crippen LogP contribution in [0.5, 0.6) is 5.75 Å². The summed E-state index contributed by atoms with van der Waals surface area (Å²) in [5.41, 5.74) is 7.44. The molecule has 138 valence electrons. The lowest BCUT2D eigenvalue weighted by Crippen LogP contribution is -2.52. The summed E-state index contributed by atoms with van der Waals surface area (Å²) in [6.45, 7) is 6.53. The Hall–Kier alpha value is -1.82. The van der Waals surface area contributed by atoms with Crippen molar-refractivity contribution in [1.82, 2.24) is 16.2 Å². The van der Waals surface area contributed by atoms with Crippen LogP contribution in [-0.2, 0) is 11.2 Å². The summed E-state index contributed by atoms with van der Waals surface area (Å²) in [6.07, 6.45) is 3.83. The van der Waals surface area contributed by atoms with Gasteiger partial charge in [-0.25, -0.2) is 0 Å². The number of amides is 1. The molecule has 1 saturated carbocycles. The molecule has 0 heterocycles. The zero-order chi connectivity index (χ0) is 18.4. The molecule has 3 atom stereocenters. The van der Waals surface area contributed by atoms with E-state index in [2.05, 4.69) is 30.0 Å². The van der Waals surface area contributed by atoms with Gasteiger partial charge in [0.1, 0.15) is 5.75 Å². The molecule has 6 heteroatoms. The van der Waals surface area contributed by atoms with Crippen LogP contribution in [0.25, 0.3) is 0 Å². The summed E-state index contributed by atoms with van der Waals surface area (Å²) in [7, 11) is 1.61. The standard InChI is InChI=1S/C19H29N3O2S/c1-12-8-9-17(24-4)15(10-12)11-18(23)21-22-19(25)20-16-7-5-6-13(2)14(16)3/h8-10,13-14,16H,5-7,11H2,1-4H3,(H,21,23)(H2,20,22,25)/t13-,14+,16+/m1/s1. The van der Waals surface area contributed by atoms with E-state index in [1.54, 1.807) is 7.11 Å². The van der Waals surface area contributed by atoms with Crippen molar-refractivity contribution in [3.05, 3.63) is 29.3 Å². The highest BCUT2D eigenvalue weighted by Gasteiger charge is 2.27. The number of carbonyl (C=O) groups excluding carboxylic acids is 1. The quantitative estimate of drug-likeness (QED) is 0.567. The van der Waals surface area contributed by atoms with Gasteiger partial charge in [-0.3, -0.25) is 15.6 Å². The number of thiocarbonyl (C=S) groups is 1. The first-order valence-corrected chi connectivity index (χ1v) is 9.30. The minimum Gasteiger partial charge on any atom is -0.496 e. The third-order valence-corrected chi connectivity index (χ3v) is 5.35. The van der Waals surface area contributed by atoms with E-state index in [0.29, 0.717) is 28.7 Å². The molecular weight excluding hydrogens is 334 g/mol. The summed E-state index contributed by atoms with van der Waals surface area (Å²) in [6, 6.07) is 6.16. The van der Waals surface area contributed by atoms with Gasteiger partial charge in [-0.15, -0.1) is 0 Å². The van der Waals surface area contributed by atoms with Crippen LogP contribution < -0.4 is 20.9 Å². The molecule has 25 heavy (non-hydrogen) atoms. The van der Waals surface area contributed by atoms with E-state index < -0.39 is 0 Å². The molecule has 0 saturated heterocycles. The average Bonchev–Trinajstić information content (AvgIpc) is 2.57. The van der Waals surface area contributed by atoms with Gasteiger partial charge in [-0.05, 0) is 43.5 Å². The fraction of sp³-hybridized carbons (Fsp3) is 0.579. The fourth-order valence-corrected chi connectivity index (χ4v) is 3.58. The number of carbonyl (C=O) groups is 1. The first-order valence-electron chi connectivity index (χ1n) is 8.89. The van der Waals surface area contributed by atoms with Crippen molar-refractivity contribution in [2.45, 2.75) is 52.5 Å². The second-order valence-electron chi connectivity index (χ2n) is 7.01. The summed E-state index contributed by atoms with van der Waals surface area (Å²) < 4.78 is 5.31. The van der Waals surface area contributed by atoms with Crippen LogP contribution in [0.15, 0.2) is 18.2 Å². The monoisotopic (exact) mass is 363 g/mol. The normalized spacial score (nSPS) is 22.8. The number of hydrogen-bond acceptors (Lipinski definition) is 3. The maximum Gasteiger partial charge on any atom is 0.242 e. The Morgan fingerprint density at radius 1 is 1.28 bits per heavy atom. The molecule has 0 spiro atoms. The predicted octanol–water partition coefficient (Wildman–Crippen LogP) is 2.87. The van der Waals surface area contributed by atoms with E-state index in [4.69, 9.17) is 17.0 Å². The van der Waals surface area contributed by atoms with E-state index in [0.717, 1.165) is 17.5 Å². The van der Waals surface area contributed by atoms with E-state index in [1.165, 1.54) is 12.8 Å². The number of hydrogen-bond donors (Lipinski definition) is 3. The lowest BCUT2D eigenvalue weighted by molar-refractivity contribution is -0.121. The largest absolute Gasteiger partial charge is 0.496 e. The van der Waals surface area contributed by atoms with Crippen molar-refractivity contribution in [3.63, 3.8) is 0 Å². The first-order chi connectivity index (χ1) is 11.9. The zero-order valence-corrected chi connectivity index (χ0v) is 16.3. The molecule has 1 fully saturated rings. The lowest BCUT2D eigenvalue weighted by atomic mass is 9.78. The minimum absolute atomic E-state index is 0.155. The van der Waals surface area contributed by atoms with Crippen LogP contribution in [0.2, 0.25) is 0 Å². The zero-order valence-electron chi connectivity index (χ0n) is 15.5. The number of rotatable bonds is 4. The molecule has 2 rings (SSSR count). The van der Waals surface area contributed by atoms with Crippen LogP contribution in [0.3, 0.4) is 0 Å². The van der Waals surface area contributed by atoms with Gasteiger partial charge in [0.05, 0.1) is 13.5 Å². The molecule has 0 bridgehead atoms. The van der Waals surface area contributed by atoms with Gasteiger partial charge in [0, 0.05) is 11.6 Å². The molecule has 0 aromatic heterocycles. The van der Waals surface area contributed by atoms with Gasteiger partial charge in [-0.1, -0.05) is 44.4 Å². The van der Waals surface area contributed by atoms with Crippen molar-refractivity contribution in [1.29, 1.82) is 0 Å². The third kappa shape index (κ3) is 5.59. The van der Waals surface area contributed by atoms with Crippen molar-refractivity contribution in [2.75, 3.05) is 7.11 Å². The minimum atomic E-state index is -0.155. The Bertz CT molecular complexity index is 621. The number of benzene rings is 1. The SMILES string of the molecule is COc1ccc(C)cc1CC(=O)NNC(=S)N[C@H]1CCC[C@@H](C)[C@@H]1C. The van der Waals surface area contributed by atoms with Crippen molar-refractivity contribution in [2.24, 2.45) is 11.8 Å². The van der Waals surface area contributed by atoms with Crippen molar-refractivity contribution >= 4 is 23.2 Å². The molecule has 1 aliphatic carbocycles. The highest BCUT2D eigenvalue weighted by Crippen LogP contribution is 2.29. The molecule has 3 N–H and O–H groups in total. The van der Waals surface area contributed by atoms with Crippen molar-refractivity contribution in [3.8, 4) is 5.75 Å². The third-order valence-electron chi connectivity index (χ3n) is 5.13. The van der Waals surface area contributed by atoms with E-state index in [-0.39, 0.29) is 12.3 Å². The molecular formula is C19H29N3O2S. The maximum absolute atomic E-state index is 12.2. The van der Waals surface area contributed by atoms with Gasteiger partial charge in [0.25, 0.3) is 0 Å². The lowest BCUT2D eigenvalue weighted by Gasteiger charge is -2.35. The Labute approximate surface area is 155 Å². The topological polar surface area (TPSA) is 62.4 Å². The Kier molecular flexibility index (Phi) is 7.05. The van der Waals surface area contributed by atoms with Gasteiger partial charge in [0.15, 0.2) is 5.11 Å². The average molecular weight is 364 g/mol. The van der Waals surface area contributed by atoms with E-state index in [1.807, 2.05) is 25.1 Å². The molecule has 1 aliphatic rings. The number of ether oxygens (including phenoxy) is 1.